The molecule has 0 saturated carbocycles. The van der Waals surface area contributed by atoms with Crippen molar-refractivity contribution >= 4 is 34.8 Å². The van der Waals surface area contributed by atoms with Gasteiger partial charge in [0.05, 0.1) is 18.8 Å². The molecule has 0 aromatic heterocycles. The highest BCUT2D eigenvalue weighted by molar-refractivity contribution is 6.01. The van der Waals surface area contributed by atoms with E-state index in [-0.39, 0.29) is 23.7 Å². The number of quaternary nitrogens is 1. The molecule has 0 atom stereocenters. The number of piperidine rings is 1. The van der Waals surface area contributed by atoms with Crippen molar-refractivity contribution in [2.24, 2.45) is 10.2 Å². The molecule has 4 N–H and O–H groups in total. The first-order valence-electron chi connectivity index (χ1n) is 14.4. The van der Waals surface area contributed by atoms with Crippen LogP contribution in [0.5, 0.6) is 0 Å². The molecule has 2 heterocycles. The van der Waals surface area contributed by atoms with Crippen LogP contribution < -0.4 is 15.5 Å². The van der Waals surface area contributed by atoms with Gasteiger partial charge in [0.1, 0.15) is 5.69 Å². The molecular formula is C31H44N5O4+. The number of carbonyl (C=O) groups is 3. The molecule has 0 bridgehead atoms. The van der Waals surface area contributed by atoms with Crippen LogP contribution in [-0.4, -0.2) is 49.1 Å². The number of amides is 2. The molecule has 2 aliphatic heterocycles. The molecule has 2 amide bonds. The van der Waals surface area contributed by atoms with E-state index in [0.29, 0.717) is 19.4 Å². The number of benzene rings is 2. The van der Waals surface area contributed by atoms with Gasteiger partial charge in [-0.3, -0.25) is 19.7 Å². The maximum absolute atomic E-state index is 10.6. The van der Waals surface area contributed by atoms with Crippen molar-refractivity contribution < 1.29 is 24.8 Å². The van der Waals surface area contributed by atoms with E-state index in [1.54, 1.807) is 0 Å². The van der Waals surface area contributed by atoms with Crippen molar-refractivity contribution in [2.45, 2.75) is 77.0 Å². The standard InChI is InChI=1S/C27H38N4O2.C4H5NO2/c1-27(2,24-11-6-7-12-25(24)28-18-8-3-5-13-26(32)33)21-29-30-22-14-16-23(17-15-22)31-19-9-4-10-20-31;6-3-1-2-4(7)5-3/h6-7,11-12,14-17,28H,3-5,8-10,13,18-21H2,1-2H3,(H,32,33);1-2H2,(H,5,6,7)/p+1. The average Bonchev–Trinajstić information content (AvgIpc) is 3.34. The molecule has 2 aromatic carbocycles. The first kappa shape index (κ1) is 30.9. The van der Waals surface area contributed by atoms with Gasteiger partial charge in [0, 0.05) is 49.0 Å². The third kappa shape index (κ3) is 10.5. The lowest BCUT2D eigenvalue weighted by atomic mass is 9.83. The van der Waals surface area contributed by atoms with Crippen LogP contribution in [0.1, 0.15) is 77.2 Å². The zero-order chi connectivity index (χ0) is 28.8. The monoisotopic (exact) mass is 550 g/mol. The maximum Gasteiger partial charge on any atom is 0.303 e. The maximum atomic E-state index is 10.6. The Labute approximate surface area is 237 Å². The summed E-state index contributed by atoms with van der Waals surface area (Å²) in [6.45, 7) is 8.29. The third-order valence-corrected chi connectivity index (χ3v) is 7.23. The highest BCUT2D eigenvalue weighted by Gasteiger charge is 2.25. The van der Waals surface area contributed by atoms with Crippen LogP contribution in [-0.2, 0) is 19.8 Å². The van der Waals surface area contributed by atoms with Crippen LogP contribution in [0.2, 0.25) is 0 Å². The van der Waals surface area contributed by atoms with Gasteiger partial charge in [-0.25, -0.2) is 0 Å². The van der Waals surface area contributed by atoms with Gasteiger partial charge in [-0.1, -0.05) is 32.0 Å². The summed E-state index contributed by atoms with van der Waals surface area (Å²) in [6.07, 6.45) is 7.60. The quantitative estimate of drug-likeness (QED) is 0.148. The van der Waals surface area contributed by atoms with Gasteiger partial charge in [-0.05, 0) is 68.9 Å². The number of nitrogens with two attached hydrogens (primary N) is 1. The number of azo groups is 1. The number of nitrogens with zero attached hydrogens (tertiary/aromatic N) is 3. The van der Waals surface area contributed by atoms with Gasteiger partial charge >= 0.3 is 5.97 Å². The molecule has 0 spiro atoms. The molecule has 2 saturated heterocycles. The molecule has 9 heteroatoms. The molecule has 2 fully saturated rings. The summed E-state index contributed by atoms with van der Waals surface area (Å²) in [5, 5.41) is 22.2. The van der Waals surface area contributed by atoms with E-state index in [1.165, 1.54) is 36.2 Å². The number of anilines is 1. The van der Waals surface area contributed by atoms with Crippen LogP contribution >= 0.6 is 0 Å². The van der Waals surface area contributed by atoms with Crippen molar-refractivity contribution in [1.82, 2.24) is 5.32 Å². The summed E-state index contributed by atoms with van der Waals surface area (Å²) in [6, 6.07) is 16.9. The van der Waals surface area contributed by atoms with E-state index in [9.17, 15) is 14.4 Å². The fourth-order valence-corrected chi connectivity index (χ4v) is 4.91. The smallest absolute Gasteiger partial charge is 0.303 e. The number of hydrogen-bond acceptors (Lipinski definition) is 6. The lowest BCUT2D eigenvalue weighted by molar-refractivity contribution is -0.572. The van der Waals surface area contributed by atoms with Gasteiger partial charge in [0.2, 0.25) is 11.8 Å². The van der Waals surface area contributed by atoms with E-state index in [0.717, 1.165) is 44.6 Å². The second-order valence-electron chi connectivity index (χ2n) is 11.1. The SMILES string of the molecule is CC(C)(CN=Nc1ccc(N2CCCCC2)cc1)c1ccccc1[NH2+]CCCCCC(=O)O.O=C1CCC(=O)N1. The summed E-state index contributed by atoms with van der Waals surface area (Å²) >= 11 is 0. The number of nitrogens with one attached hydrogen (secondary N) is 1. The Hall–Kier alpha value is -3.59. The van der Waals surface area contributed by atoms with Crippen molar-refractivity contribution in [3.05, 3.63) is 54.1 Å². The Morgan fingerprint density at radius 1 is 0.950 bits per heavy atom. The van der Waals surface area contributed by atoms with E-state index in [2.05, 4.69) is 88.1 Å². The van der Waals surface area contributed by atoms with Gasteiger partial charge < -0.3 is 15.3 Å². The van der Waals surface area contributed by atoms with Crippen molar-refractivity contribution in [3.63, 3.8) is 0 Å². The lowest BCUT2D eigenvalue weighted by Gasteiger charge is -2.28. The summed E-state index contributed by atoms with van der Waals surface area (Å²) in [5.41, 5.74) is 4.55. The summed E-state index contributed by atoms with van der Waals surface area (Å²) in [4.78, 5) is 33.3. The Bertz CT molecular complexity index is 1130. The van der Waals surface area contributed by atoms with E-state index in [1.807, 2.05) is 0 Å². The highest BCUT2D eigenvalue weighted by Crippen LogP contribution is 2.29. The van der Waals surface area contributed by atoms with E-state index in [4.69, 9.17) is 5.11 Å². The Kier molecular flexibility index (Phi) is 12.3. The van der Waals surface area contributed by atoms with Crippen LogP contribution in [0.4, 0.5) is 17.1 Å². The molecule has 9 nitrogen and oxygen atoms in total. The molecule has 40 heavy (non-hydrogen) atoms. The summed E-state index contributed by atoms with van der Waals surface area (Å²) in [7, 11) is 0. The zero-order valence-corrected chi connectivity index (χ0v) is 23.9. The van der Waals surface area contributed by atoms with Gasteiger partial charge in [0.25, 0.3) is 0 Å². The fraction of sp³-hybridized carbons (Fsp3) is 0.516. The molecule has 216 valence electrons. The molecular weight excluding hydrogens is 506 g/mol. The van der Waals surface area contributed by atoms with Crippen molar-refractivity contribution in [3.8, 4) is 0 Å². The lowest BCUT2D eigenvalue weighted by Crippen LogP contribution is -2.78. The predicted octanol–water partition coefficient (Wildman–Crippen LogP) is 5.00. The number of imide groups is 1. The predicted molar refractivity (Wildman–Crippen MR) is 156 cm³/mol. The Morgan fingerprint density at radius 2 is 1.62 bits per heavy atom. The van der Waals surface area contributed by atoms with Crippen LogP contribution in [0, 0.1) is 0 Å². The fourth-order valence-electron chi connectivity index (χ4n) is 4.91. The average molecular weight is 551 g/mol. The number of carbonyl (C=O) groups excluding carboxylic acids is 2. The summed E-state index contributed by atoms with van der Waals surface area (Å²) < 4.78 is 0. The normalized spacial score (nSPS) is 15.6. The van der Waals surface area contributed by atoms with Gasteiger partial charge in [0.15, 0.2) is 0 Å². The first-order chi connectivity index (χ1) is 19.2. The van der Waals surface area contributed by atoms with Crippen molar-refractivity contribution in [1.29, 1.82) is 0 Å². The number of unbranched alkanes of at least 4 members (excludes halogenated alkanes) is 2. The molecule has 0 unspecified atom stereocenters. The number of rotatable bonds is 12. The number of carboxylic acid groups (broad SMARTS) is 1. The van der Waals surface area contributed by atoms with Crippen LogP contribution in [0.15, 0.2) is 58.8 Å². The molecule has 4 rings (SSSR count). The highest BCUT2D eigenvalue weighted by atomic mass is 16.4. The second kappa shape index (κ2) is 15.9. The topological polar surface area (TPSA) is 128 Å². The molecule has 2 aromatic rings. The minimum absolute atomic E-state index is 0.131. The Morgan fingerprint density at radius 3 is 2.25 bits per heavy atom. The molecule has 2 aliphatic rings. The number of para-hydroxylation sites is 1. The number of hydrogen-bond donors (Lipinski definition) is 3. The van der Waals surface area contributed by atoms with Gasteiger partial charge in [-0.2, -0.15) is 10.2 Å². The second-order valence-corrected chi connectivity index (χ2v) is 11.1. The molecule has 0 aliphatic carbocycles. The minimum Gasteiger partial charge on any atom is -0.481 e. The number of carboxylic acids is 1. The van der Waals surface area contributed by atoms with Crippen molar-refractivity contribution in [2.75, 3.05) is 31.1 Å². The third-order valence-electron chi connectivity index (χ3n) is 7.23. The minimum atomic E-state index is -0.710. The molecule has 0 radical (unpaired) electrons. The van der Waals surface area contributed by atoms with E-state index < -0.39 is 5.97 Å². The van der Waals surface area contributed by atoms with Crippen LogP contribution in [0.3, 0.4) is 0 Å². The van der Waals surface area contributed by atoms with Gasteiger partial charge in [-0.15, -0.1) is 0 Å². The largest absolute Gasteiger partial charge is 0.481 e. The van der Waals surface area contributed by atoms with Crippen LogP contribution in [0.25, 0.3) is 0 Å². The van der Waals surface area contributed by atoms with E-state index >= 15 is 0 Å². The zero-order valence-electron chi connectivity index (χ0n) is 23.9. The Balaban J connectivity index is 0.000000547. The summed E-state index contributed by atoms with van der Waals surface area (Å²) in [5.74, 6) is -1.01. The number of aliphatic carboxylic acids is 1. The first-order valence-corrected chi connectivity index (χ1v) is 14.4.